The first-order valence-corrected chi connectivity index (χ1v) is 6.12. The third kappa shape index (κ3) is 4.02. The lowest BCUT2D eigenvalue weighted by atomic mass is 10.0. The summed E-state index contributed by atoms with van der Waals surface area (Å²) < 4.78 is 0. The lowest BCUT2D eigenvalue weighted by Crippen LogP contribution is -2.52. The van der Waals surface area contributed by atoms with Crippen molar-refractivity contribution in [3.05, 3.63) is 34.9 Å². The van der Waals surface area contributed by atoms with Crippen LogP contribution in [0.1, 0.15) is 26.3 Å². The predicted molar refractivity (Wildman–Crippen MR) is 71.1 cm³/mol. The lowest BCUT2D eigenvalue weighted by Gasteiger charge is -2.24. The van der Waals surface area contributed by atoms with Crippen LogP contribution in [0, 0.1) is 0 Å². The normalized spacial score (nSPS) is 11.3. The molecule has 1 aromatic carbocycles. The molecule has 0 aliphatic carbocycles. The molecule has 0 saturated heterocycles. The van der Waals surface area contributed by atoms with Crippen molar-refractivity contribution in [1.82, 2.24) is 10.6 Å². The highest BCUT2D eigenvalue weighted by atomic mass is 35.5. The van der Waals surface area contributed by atoms with Gasteiger partial charge in [-0.25, -0.2) is 0 Å². The van der Waals surface area contributed by atoms with Crippen molar-refractivity contribution in [3.63, 3.8) is 0 Å². The van der Waals surface area contributed by atoms with E-state index in [-0.39, 0.29) is 5.91 Å². The van der Waals surface area contributed by atoms with E-state index in [1.54, 1.807) is 0 Å². The van der Waals surface area contributed by atoms with Gasteiger partial charge in [0.1, 0.15) is 0 Å². The summed E-state index contributed by atoms with van der Waals surface area (Å²) in [6.07, 6.45) is 0. The molecule has 0 heterocycles. The molecule has 1 amide bonds. The smallest absolute Gasteiger partial charge is 0.239 e. The molecule has 3 nitrogen and oxygen atoms in total. The molecule has 17 heavy (non-hydrogen) atoms. The van der Waals surface area contributed by atoms with Crippen LogP contribution in [0.4, 0.5) is 0 Å². The van der Waals surface area contributed by atoms with E-state index in [9.17, 15) is 4.79 Å². The van der Waals surface area contributed by atoms with Crippen molar-refractivity contribution in [1.29, 1.82) is 0 Å². The number of amides is 1. The van der Waals surface area contributed by atoms with Crippen molar-refractivity contribution in [3.8, 4) is 0 Å². The summed E-state index contributed by atoms with van der Waals surface area (Å²) in [4.78, 5) is 11.9. The fourth-order valence-corrected chi connectivity index (χ4v) is 1.76. The Balaban J connectivity index is 2.57. The highest BCUT2D eigenvalue weighted by molar-refractivity contribution is 6.31. The number of carbonyl (C=O) groups excluding carboxylic acids is 1. The Labute approximate surface area is 108 Å². The van der Waals surface area contributed by atoms with Gasteiger partial charge in [-0.05, 0) is 32.0 Å². The molecule has 0 aliphatic rings. The average molecular weight is 255 g/mol. The molecule has 0 unspecified atom stereocenters. The predicted octanol–water partition coefficient (Wildman–Crippen LogP) is 2.34. The molecule has 0 aliphatic heterocycles. The molecular formula is C13H19ClN2O. The summed E-state index contributed by atoms with van der Waals surface area (Å²) in [6.45, 7) is 6.90. The van der Waals surface area contributed by atoms with Gasteiger partial charge in [0.25, 0.3) is 0 Å². The van der Waals surface area contributed by atoms with Crippen LogP contribution in [-0.2, 0) is 11.3 Å². The number of likely N-dealkylation sites (N-methyl/N-ethyl adjacent to an activating group) is 1. The first-order chi connectivity index (χ1) is 7.97. The fraction of sp³-hybridized carbons (Fsp3) is 0.462. The van der Waals surface area contributed by atoms with E-state index >= 15 is 0 Å². The van der Waals surface area contributed by atoms with E-state index in [2.05, 4.69) is 10.6 Å². The maximum absolute atomic E-state index is 11.9. The second kappa shape index (κ2) is 6.03. The van der Waals surface area contributed by atoms with Gasteiger partial charge in [-0.2, -0.15) is 0 Å². The second-order valence-corrected chi connectivity index (χ2v) is 4.84. The van der Waals surface area contributed by atoms with Gasteiger partial charge in [-0.15, -0.1) is 0 Å². The average Bonchev–Trinajstić information content (AvgIpc) is 2.27. The van der Waals surface area contributed by atoms with E-state index in [0.717, 1.165) is 12.1 Å². The summed E-state index contributed by atoms with van der Waals surface area (Å²) in [5.41, 5.74) is 0.366. The Bertz CT molecular complexity index is 391. The molecule has 0 spiro atoms. The SMILES string of the molecule is CCNC(C)(C)C(=O)NCc1ccccc1Cl. The summed E-state index contributed by atoms with van der Waals surface area (Å²) in [6, 6.07) is 7.50. The summed E-state index contributed by atoms with van der Waals surface area (Å²) in [5.74, 6) is -0.0285. The number of nitrogens with one attached hydrogen (secondary N) is 2. The maximum atomic E-state index is 11.9. The van der Waals surface area contributed by atoms with E-state index in [4.69, 9.17) is 11.6 Å². The summed E-state index contributed by atoms with van der Waals surface area (Å²) >= 11 is 6.02. The Kier molecular flexibility index (Phi) is 4.97. The van der Waals surface area contributed by atoms with Crippen molar-refractivity contribution in [2.45, 2.75) is 32.9 Å². The molecule has 2 N–H and O–H groups in total. The van der Waals surface area contributed by atoms with Crippen LogP contribution in [0.5, 0.6) is 0 Å². The van der Waals surface area contributed by atoms with Crippen LogP contribution >= 0.6 is 11.6 Å². The monoisotopic (exact) mass is 254 g/mol. The first-order valence-electron chi connectivity index (χ1n) is 5.74. The fourth-order valence-electron chi connectivity index (χ4n) is 1.56. The molecule has 1 aromatic rings. The number of hydrogen-bond acceptors (Lipinski definition) is 2. The highest BCUT2D eigenvalue weighted by Crippen LogP contribution is 2.14. The highest BCUT2D eigenvalue weighted by Gasteiger charge is 2.25. The van der Waals surface area contributed by atoms with Crippen LogP contribution in [-0.4, -0.2) is 18.0 Å². The van der Waals surface area contributed by atoms with Crippen molar-refractivity contribution < 1.29 is 4.79 Å². The number of hydrogen-bond donors (Lipinski definition) is 2. The number of benzene rings is 1. The molecule has 0 aromatic heterocycles. The molecule has 0 saturated carbocycles. The second-order valence-electron chi connectivity index (χ2n) is 4.43. The van der Waals surface area contributed by atoms with Gasteiger partial charge in [-0.1, -0.05) is 36.7 Å². The Morgan fingerprint density at radius 2 is 2.00 bits per heavy atom. The van der Waals surface area contributed by atoms with E-state index in [1.165, 1.54) is 0 Å². The minimum absolute atomic E-state index is 0.0285. The minimum atomic E-state index is -0.560. The summed E-state index contributed by atoms with van der Waals surface area (Å²) in [7, 11) is 0. The molecule has 0 fully saturated rings. The van der Waals surface area contributed by atoms with Crippen molar-refractivity contribution >= 4 is 17.5 Å². The van der Waals surface area contributed by atoms with Gasteiger partial charge in [0.2, 0.25) is 5.91 Å². The summed E-state index contributed by atoms with van der Waals surface area (Å²) in [5, 5.41) is 6.68. The standard InChI is InChI=1S/C13H19ClN2O/c1-4-16-13(2,3)12(17)15-9-10-7-5-6-8-11(10)14/h5-8,16H,4,9H2,1-3H3,(H,15,17). The zero-order chi connectivity index (χ0) is 12.9. The number of carbonyl (C=O) groups is 1. The maximum Gasteiger partial charge on any atom is 0.239 e. The zero-order valence-corrected chi connectivity index (χ0v) is 11.3. The molecule has 1 rings (SSSR count). The quantitative estimate of drug-likeness (QED) is 0.847. The Hall–Kier alpha value is -1.06. The topological polar surface area (TPSA) is 41.1 Å². The zero-order valence-electron chi connectivity index (χ0n) is 10.5. The van der Waals surface area contributed by atoms with Gasteiger partial charge >= 0.3 is 0 Å². The van der Waals surface area contributed by atoms with E-state index < -0.39 is 5.54 Å². The Morgan fingerprint density at radius 1 is 1.35 bits per heavy atom. The Morgan fingerprint density at radius 3 is 2.59 bits per heavy atom. The van der Waals surface area contributed by atoms with Gasteiger partial charge < -0.3 is 10.6 Å². The number of halogens is 1. The van der Waals surface area contributed by atoms with Crippen LogP contribution in [0.3, 0.4) is 0 Å². The van der Waals surface area contributed by atoms with E-state index in [1.807, 2.05) is 45.0 Å². The van der Waals surface area contributed by atoms with Gasteiger partial charge in [0.15, 0.2) is 0 Å². The van der Waals surface area contributed by atoms with Gasteiger partial charge in [0, 0.05) is 11.6 Å². The molecule has 0 bridgehead atoms. The third-order valence-corrected chi connectivity index (χ3v) is 2.95. The molecule has 94 valence electrons. The molecular weight excluding hydrogens is 236 g/mol. The molecule has 0 atom stereocenters. The van der Waals surface area contributed by atoms with Crippen LogP contribution in [0.2, 0.25) is 5.02 Å². The van der Waals surface area contributed by atoms with Gasteiger partial charge in [0.05, 0.1) is 5.54 Å². The minimum Gasteiger partial charge on any atom is -0.350 e. The number of rotatable bonds is 5. The molecule has 0 radical (unpaired) electrons. The van der Waals surface area contributed by atoms with E-state index in [0.29, 0.717) is 11.6 Å². The first kappa shape index (κ1) is 14.0. The van der Waals surface area contributed by atoms with Crippen molar-refractivity contribution in [2.75, 3.05) is 6.54 Å². The van der Waals surface area contributed by atoms with Crippen LogP contribution in [0.25, 0.3) is 0 Å². The van der Waals surface area contributed by atoms with Crippen molar-refractivity contribution in [2.24, 2.45) is 0 Å². The van der Waals surface area contributed by atoms with Gasteiger partial charge in [-0.3, -0.25) is 4.79 Å². The lowest BCUT2D eigenvalue weighted by molar-refractivity contribution is -0.126. The van der Waals surface area contributed by atoms with Crippen LogP contribution < -0.4 is 10.6 Å². The molecule has 4 heteroatoms. The third-order valence-electron chi connectivity index (χ3n) is 2.58. The largest absolute Gasteiger partial charge is 0.350 e. The van der Waals surface area contributed by atoms with Crippen LogP contribution in [0.15, 0.2) is 24.3 Å².